The van der Waals surface area contributed by atoms with E-state index in [1.54, 1.807) is 17.8 Å². The lowest BCUT2D eigenvalue weighted by atomic mass is 9.99. The lowest BCUT2D eigenvalue weighted by molar-refractivity contribution is 0.102. The van der Waals surface area contributed by atoms with Crippen molar-refractivity contribution in [1.82, 2.24) is 9.55 Å². The molecule has 2 aromatic heterocycles. The summed E-state index contributed by atoms with van der Waals surface area (Å²) in [6.45, 7) is 7.81. The molecule has 0 saturated heterocycles. The number of nitrogens with one attached hydrogen (secondary N) is 1. The van der Waals surface area contributed by atoms with Gasteiger partial charge in [-0.3, -0.25) is 14.6 Å². The molecule has 31 heavy (non-hydrogen) atoms. The second-order valence-corrected chi connectivity index (χ2v) is 8.17. The summed E-state index contributed by atoms with van der Waals surface area (Å²) in [4.78, 5) is 30.3. The zero-order valence-electron chi connectivity index (χ0n) is 18.4. The fourth-order valence-electron chi connectivity index (χ4n) is 3.96. The molecule has 0 aliphatic rings. The fourth-order valence-corrected chi connectivity index (χ4v) is 3.96. The number of hydrogen-bond donors (Lipinski definition) is 1. The fraction of sp³-hybridized carbons (Fsp3) is 0.192. The molecule has 156 valence electrons. The van der Waals surface area contributed by atoms with Gasteiger partial charge in [-0.05, 0) is 75.2 Å². The van der Waals surface area contributed by atoms with Crippen molar-refractivity contribution in [3.8, 4) is 11.1 Å². The van der Waals surface area contributed by atoms with Gasteiger partial charge in [0.05, 0.1) is 5.52 Å². The average Bonchev–Trinajstić information content (AvgIpc) is 2.72. The van der Waals surface area contributed by atoms with Crippen LogP contribution in [0.1, 0.15) is 32.7 Å². The lowest BCUT2D eigenvalue weighted by Gasteiger charge is -2.13. The number of hydrogen-bond acceptors (Lipinski definition) is 3. The van der Waals surface area contributed by atoms with E-state index >= 15 is 0 Å². The number of aryl methyl sites for hydroxylation is 5. The van der Waals surface area contributed by atoms with Gasteiger partial charge < -0.3 is 9.88 Å². The Labute approximate surface area is 181 Å². The largest absolute Gasteiger partial charge is 0.322 e. The van der Waals surface area contributed by atoms with E-state index in [1.807, 2.05) is 76.2 Å². The number of aromatic nitrogens is 2. The molecule has 0 spiro atoms. The smallest absolute Gasteiger partial charge is 0.258 e. The maximum absolute atomic E-state index is 13.1. The molecule has 0 aliphatic heterocycles. The first-order valence-electron chi connectivity index (χ1n) is 10.2. The number of carbonyl (C=O) groups is 1. The van der Waals surface area contributed by atoms with Gasteiger partial charge in [0.1, 0.15) is 0 Å². The molecule has 0 bridgehead atoms. The Morgan fingerprint density at radius 3 is 2.32 bits per heavy atom. The van der Waals surface area contributed by atoms with Crippen LogP contribution in [0.15, 0.2) is 59.5 Å². The van der Waals surface area contributed by atoms with Crippen LogP contribution in [0.4, 0.5) is 5.69 Å². The van der Waals surface area contributed by atoms with Crippen molar-refractivity contribution in [2.24, 2.45) is 7.05 Å². The van der Waals surface area contributed by atoms with E-state index < -0.39 is 0 Å². The van der Waals surface area contributed by atoms with Crippen LogP contribution in [0.25, 0.3) is 22.0 Å². The highest BCUT2D eigenvalue weighted by atomic mass is 16.1. The van der Waals surface area contributed by atoms with Gasteiger partial charge >= 0.3 is 0 Å². The first-order valence-corrected chi connectivity index (χ1v) is 10.2. The number of benzene rings is 2. The molecule has 0 aliphatic carbocycles. The predicted molar refractivity (Wildman–Crippen MR) is 126 cm³/mol. The van der Waals surface area contributed by atoms with Gasteiger partial charge in [0.15, 0.2) is 0 Å². The van der Waals surface area contributed by atoms with Gasteiger partial charge in [-0.25, -0.2) is 0 Å². The van der Waals surface area contributed by atoms with Crippen LogP contribution in [0.2, 0.25) is 0 Å². The highest BCUT2D eigenvalue weighted by molar-refractivity contribution is 6.05. The van der Waals surface area contributed by atoms with Gasteiger partial charge in [0, 0.05) is 41.1 Å². The van der Waals surface area contributed by atoms with Crippen LogP contribution in [0.5, 0.6) is 0 Å². The molecule has 1 N–H and O–H groups in total. The topological polar surface area (TPSA) is 64.0 Å². The van der Waals surface area contributed by atoms with E-state index in [9.17, 15) is 9.59 Å². The Kier molecular flexibility index (Phi) is 5.19. The standard InChI is InChI=1S/C26H25N3O2/c1-15-8-16(2)10-19(9-15)25(30)28-21-7-6-17(3)22(13-21)23-12-20-14-27-18(4)11-24(20)29(5)26(23)31/h6-14H,1-5H3,(H,28,30). The van der Waals surface area contributed by atoms with Gasteiger partial charge in [-0.2, -0.15) is 0 Å². The van der Waals surface area contributed by atoms with Crippen LogP contribution >= 0.6 is 0 Å². The second-order valence-electron chi connectivity index (χ2n) is 8.17. The number of pyridine rings is 2. The number of nitrogens with zero attached hydrogens (tertiary/aromatic N) is 2. The van der Waals surface area contributed by atoms with E-state index in [-0.39, 0.29) is 11.5 Å². The lowest BCUT2D eigenvalue weighted by Crippen LogP contribution is -2.19. The summed E-state index contributed by atoms with van der Waals surface area (Å²) in [5.41, 5.74) is 7.30. The van der Waals surface area contributed by atoms with Gasteiger partial charge in [0.25, 0.3) is 11.5 Å². The maximum Gasteiger partial charge on any atom is 0.258 e. The van der Waals surface area contributed by atoms with Gasteiger partial charge in [0.2, 0.25) is 0 Å². The number of fused-ring (bicyclic) bond motifs is 1. The molecule has 0 radical (unpaired) electrons. The SMILES string of the molecule is Cc1cc(C)cc(C(=O)Nc2ccc(C)c(-c3cc4cnc(C)cc4n(C)c3=O)c2)c1. The molecule has 0 atom stereocenters. The monoisotopic (exact) mass is 411 g/mol. The second kappa shape index (κ2) is 7.84. The highest BCUT2D eigenvalue weighted by Crippen LogP contribution is 2.27. The molecule has 1 amide bonds. The number of anilines is 1. The Bertz CT molecular complexity index is 1380. The normalized spacial score (nSPS) is 11.0. The minimum Gasteiger partial charge on any atom is -0.322 e. The molecule has 0 saturated carbocycles. The summed E-state index contributed by atoms with van der Waals surface area (Å²) < 4.78 is 1.65. The Balaban J connectivity index is 1.77. The van der Waals surface area contributed by atoms with Gasteiger partial charge in [-0.15, -0.1) is 0 Å². The Morgan fingerprint density at radius 2 is 1.61 bits per heavy atom. The third-order valence-corrected chi connectivity index (χ3v) is 5.51. The number of carbonyl (C=O) groups excluding carboxylic acids is 1. The summed E-state index contributed by atoms with van der Waals surface area (Å²) in [6.07, 6.45) is 1.79. The van der Waals surface area contributed by atoms with Crippen molar-refractivity contribution < 1.29 is 4.79 Å². The van der Waals surface area contributed by atoms with Crippen molar-refractivity contribution in [2.45, 2.75) is 27.7 Å². The molecule has 0 unspecified atom stereocenters. The van der Waals surface area contributed by atoms with Crippen LogP contribution in [-0.4, -0.2) is 15.5 Å². The quantitative estimate of drug-likeness (QED) is 0.511. The summed E-state index contributed by atoms with van der Waals surface area (Å²) in [5.74, 6) is -0.173. The molecule has 5 nitrogen and oxygen atoms in total. The maximum atomic E-state index is 13.1. The Hall–Kier alpha value is -3.73. The van der Waals surface area contributed by atoms with Crippen LogP contribution in [0.3, 0.4) is 0 Å². The molecule has 5 heteroatoms. The minimum absolute atomic E-state index is 0.0843. The van der Waals surface area contributed by atoms with E-state index in [2.05, 4.69) is 10.3 Å². The summed E-state index contributed by atoms with van der Waals surface area (Å²) >= 11 is 0. The molecule has 4 rings (SSSR count). The van der Waals surface area contributed by atoms with Crippen LogP contribution in [-0.2, 0) is 7.05 Å². The molecular formula is C26H25N3O2. The molecule has 2 aromatic carbocycles. The van der Waals surface area contributed by atoms with Gasteiger partial charge in [-0.1, -0.05) is 23.3 Å². The molecular weight excluding hydrogens is 386 g/mol. The summed E-state index contributed by atoms with van der Waals surface area (Å²) in [5, 5.41) is 3.86. The zero-order valence-corrected chi connectivity index (χ0v) is 18.4. The van der Waals surface area contributed by atoms with Crippen molar-refractivity contribution in [3.63, 3.8) is 0 Å². The number of rotatable bonds is 3. The number of amides is 1. The van der Waals surface area contributed by atoms with Crippen molar-refractivity contribution in [2.75, 3.05) is 5.32 Å². The molecule has 0 fully saturated rings. The van der Waals surface area contributed by atoms with Crippen molar-refractivity contribution in [1.29, 1.82) is 0 Å². The van der Waals surface area contributed by atoms with Crippen molar-refractivity contribution >= 4 is 22.5 Å². The van der Waals surface area contributed by atoms with E-state index in [4.69, 9.17) is 0 Å². The Morgan fingerprint density at radius 1 is 0.903 bits per heavy atom. The molecule has 2 heterocycles. The molecule has 4 aromatic rings. The van der Waals surface area contributed by atoms with Crippen LogP contribution in [0, 0.1) is 27.7 Å². The first kappa shape index (κ1) is 20.5. The zero-order chi connectivity index (χ0) is 22.3. The highest BCUT2D eigenvalue weighted by Gasteiger charge is 2.14. The summed E-state index contributed by atoms with van der Waals surface area (Å²) in [7, 11) is 1.77. The minimum atomic E-state index is -0.173. The van der Waals surface area contributed by atoms with Crippen LogP contribution < -0.4 is 10.9 Å². The van der Waals surface area contributed by atoms with Crippen molar-refractivity contribution in [3.05, 3.63) is 93.0 Å². The average molecular weight is 412 g/mol. The first-order chi connectivity index (χ1) is 14.7. The van der Waals surface area contributed by atoms with E-state index in [1.165, 1.54) is 0 Å². The van der Waals surface area contributed by atoms with E-state index in [0.29, 0.717) is 16.8 Å². The summed E-state index contributed by atoms with van der Waals surface area (Å²) in [6, 6.07) is 15.2. The third-order valence-electron chi connectivity index (χ3n) is 5.51. The predicted octanol–water partition coefficient (Wildman–Crippen LogP) is 5.09. The van der Waals surface area contributed by atoms with E-state index in [0.717, 1.165) is 38.9 Å². The third kappa shape index (κ3) is 3.99.